The molecular formula is C20H12FN3O4. The minimum Gasteiger partial charge on any atom is -0.355 e. The lowest BCUT2D eigenvalue weighted by Gasteiger charge is -2.06. The molecule has 0 spiro atoms. The van der Waals surface area contributed by atoms with Crippen LogP contribution in [0.4, 0.5) is 15.8 Å². The van der Waals surface area contributed by atoms with Gasteiger partial charge in [-0.25, -0.2) is 0 Å². The number of nitro benzene ring substituents is 1. The number of nitrogens with zero attached hydrogens (tertiary/aromatic N) is 2. The summed E-state index contributed by atoms with van der Waals surface area (Å²) >= 11 is 0. The van der Waals surface area contributed by atoms with E-state index in [2.05, 4.69) is 10.5 Å². The van der Waals surface area contributed by atoms with Gasteiger partial charge in [-0.05, 0) is 30.3 Å². The van der Waals surface area contributed by atoms with Crippen LogP contribution >= 0.6 is 0 Å². The summed E-state index contributed by atoms with van der Waals surface area (Å²) in [6.07, 6.45) is 0. The van der Waals surface area contributed by atoms with E-state index < -0.39 is 22.3 Å². The second kappa shape index (κ2) is 6.92. The van der Waals surface area contributed by atoms with Crippen LogP contribution in [0.25, 0.3) is 22.2 Å². The molecule has 138 valence electrons. The Balaban J connectivity index is 1.67. The molecule has 3 aromatic carbocycles. The van der Waals surface area contributed by atoms with E-state index in [0.717, 1.165) is 17.7 Å². The second-order valence-electron chi connectivity index (χ2n) is 5.99. The topological polar surface area (TPSA) is 98.3 Å². The Kier molecular flexibility index (Phi) is 4.29. The molecule has 4 aromatic rings. The summed E-state index contributed by atoms with van der Waals surface area (Å²) in [5.41, 5.74) is 1.12. The Morgan fingerprint density at radius 2 is 1.86 bits per heavy atom. The molecule has 0 saturated carbocycles. The van der Waals surface area contributed by atoms with Crippen molar-refractivity contribution >= 4 is 28.2 Å². The highest BCUT2D eigenvalue weighted by Crippen LogP contribution is 2.29. The first-order valence-corrected chi connectivity index (χ1v) is 8.23. The molecule has 0 bridgehead atoms. The number of halogens is 1. The van der Waals surface area contributed by atoms with Crippen LogP contribution in [0.3, 0.4) is 0 Å². The number of aromatic nitrogens is 1. The third-order valence-electron chi connectivity index (χ3n) is 4.18. The summed E-state index contributed by atoms with van der Waals surface area (Å²) in [5.74, 6) is -0.938. The number of nitrogens with one attached hydrogen (secondary N) is 1. The second-order valence-corrected chi connectivity index (χ2v) is 5.99. The highest BCUT2D eigenvalue weighted by atomic mass is 19.1. The summed E-state index contributed by atoms with van der Waals surface area (Å²) in [4.78, 5) is 22.6. The number of anilines is 1. The van der Waals surface area contributed by atoms with Gasteiger partial charge in [0.2, 0.25) is 5.82 Å². The van der Waals surface area contributed by atoms with Gasteiger partial charge >= 0.3 is 5.69 Å². The van der Waals surface area contributed by atoms with E-state index in [4.69, 9.17) is 4.52 Å². The first-order valence-electron chi connectivity index (χ1n) is 8.23. The number of amides is 1. The van der Waals surface area contributed by atoms with Crippen LogP contribution in [-0.2, 0) is 0 Å². The first-order chi connectivity index (χ1) is 13.5. The molecule has 28 heavy (non-hydrogen) atoms. The zero-order chi connectivity index (χ0) is 19.7. The van der Waals surface area contributed by atoms with Crippen LogP contribution in [0, 0.1) is 15.9 Å². The van der Waals surface area contributed by atoms with E-state index in [1.54, 1.807) is 18.2 Å². The van der Waals surface area contributed by atoms with E-state index >= 15 is 0 Å². The van der Waals surface area contributed by atoms with Gasteiger partial charge in [-0.3, -0.25) is 14.9 Å². The molecule has 8 heteroatoms. The van der Waals surface area contributed by atoms with Crippen molar-refractivity contribution in [2.45, 2.75) is 0 Å². The summed E-state index contributed by atoms with van der Waals surface area (Å²) in [6.45, 7) is 0. The molecule has 0 radical (unpaired) electrons. The Morgan fingerprint density at radius 1 is 1.07 bits per heavy atom. The van der Waals surface area contributed by atoms with Crippen molar-refractivity contribution in [1.82, 2.24) is 5.16 Å². The summed E-state index contributed by atoms with van der Waals surface area (Å²) < 4.78 is 18.9. The Hall–Kier alpha value is -4.07. The maximum Gasteiger partial charge on any atom is 0.306 e. The fourth-order valence-electron chi connectivity index (χ4n) is 2.81. The van der Waals surface area contributed by atoms with E-state index in [9.17, 15) is 19.3 Å². The molecule has 1 heterocycles. The summed E-state index contributed by atoms with van der Waals surface area (Å²) in [6, 6.07) is 17.3. The van der Waals surface area contributed by atoms with E-state index in [1.807, 2.05) is 30.3 Å². The summed E-state index contributed by atoms with van der Waals surface area (Å²) in [7, 11) is 0. The van der Waals surface area contributed by atoms with E-state index in [1.165, 1.54) is 6.07 Å². The zero-order valence-corrected chi connectivity index (χ0v) is 14.3. The zero-order valence-electron chi connectivity index (χ0n) is 14.3. The fraction of sp³-hybridized carbons (Fsp3) is 0. The van der Waals surface area contributed by atoms with Crippen molar-refractivity contribution in [3.8, 4) is 11.3 Å². The number of hydrogen-bond acceptors (Lipinski definition) is 5. The third-order valence-corrected chi connectivity index (χ3v) is 4.18. The molecule has 4 rings (SSSR count). The highest BCUT2D eigenvalue weighted by molar-refractivity contribution is 6.07. The molecule has 1 amide bonds. The van der Waals surface area contributed by atoms with Gasteiger partial charge in [0.15, 0.2) is 5.76 Å². The van der Waals surface area contributed by atoms with Gasteiger partial charge in [0.1, 0.15) is 5.52 Å². The van der Waals surface area contributed by atoms with Crippen molar-refractivity contribution in [3.05, 3.63) is 88.2 Å². The van der Waals surface area contributed by atoms with Crippen molar-refractivity contribution in [1.29, 1.82) is 0 Å². The molecule has 7 nitrogen and oxygen atoms in total. The number of hydrogen-bond donors (Lipinski definition) is 1. The number of fused-ring (bicyclic) bond motifs is 1. The molecule has 1 aromatic heterocycles. The van der Waals surface area contributed by atoms with E-state index in [-0.39, 0.29) is 5.69 Å². The van der Waals surface area contributed by atoms with Crippen molar-refractivity contribution < 1.29 is 18.6 Å². The summed E-state index contributed by atoms with van der Waals surface area (Å²) in [5, 5.41) is 18.0. The van der Waals surface area contributed by atoms with Crippen LogP contribution < -0.4 is 5.32 Å². The molecule has 0 unspecified atom stereocenters. The smallest absolute Gasteiger partial charge is 0.306 e. The monoisotopic (exact) mass is 377 g/mol. The molecule has 0 aliphatic carbocycles. The van der Waals surface area contributed by atoms with E-state index in [0.29, 0.717) is 22.2 Å². The van der Waals surface area contributed by atoms with Crippen molar-refractivity contribution in [3.63, 3.8) is 0 Å². The van der Waals surface area contributed by atoms with Gasteiger partial charge in [-0.1, -0.05) is 35.5 Å². The van der Waals surface area contributed by atoms with Crippen LogP contribution in [0.5, 0.6) is 0 Å². The van der Waals surface area contributed by atoms with Gasteiger partial charge < -0.3 is 9.84 Å². The van der Waals surface area contributed by atoms with Crippen LogP contribution in [0.2, 0.25) is 0 Å². The molecule has 0 atom stereocenters. The molecular weight excluding hydrogens is 365 g/mol. The standard InChI is InChI=1S/C20H12FN3O4/c21-16-8-7-14(11-18(16)24(26)27)22-20(25)13-6-9-17-15(10-13)19(28-23-17)12-4-2-1-3-5-12/h1-11H,(H,22,25). The maximum absolute atomic E-state index is 13.5. The number of carbonyl (C=O) groups is 1. The van der Waals surface area contributed by atoms with Crippen LogP contribution in [0.15, 0.2) is 71.3 Å². The maximum atomic E-state index is 13.5. The normalized spacial score (nSPS) is 10.8. The predicted molar refractivity (Wildman–Crippen MR) is 100 cm³/mol. The molecule has 1 N–H and O–H groups in total. The minimum absolute atomic E-state index is 0.117. The average Bonchev–Trinajstić information content (AvgIpc) is 3.13. The largest absolute Gasteiger partial charge is 0.355 e. The van der Waals surface area contributed by atoms with Crippen molar-refractivity contribution in [2.24, 2.45) is 0 Å². The SMILES string of the molecule is O=C(Nc1ccc(F)c([N+](=O)[O-])c1)c1ccc2noc(-c3ccccc3)c2c1. The number of nitro groups is 1. The van der Waals surface area contributed by atoms with Crippen molar-refractivity contribution in [2.75, 3.05) is 5.32 Å². The first kappa shape index (κ1) is 17.3. The quantitative estimate of drug-likeness (QED) is 0.407. The van der Waals surface area contributed by atoms with Gasteiger partial charge in [-0.15, -0.1) is 0 Å². The number of rotatable bonds is 4. The number of carbonyl (C=O) groups excluding carboxylic acids is 1. The molecule has 0 aliphatic rings. The predicted octanol–water partition coefficient (Wildman–Crippen LogP) is 4.79. The Bertz CT molecular complexity index is 1200. The van der Waals surface area contributed by atoms with Gasteiger partial charge in [0.25, 0.3) is 5.91 Å². The Labute approximate surface area is 157 Å². The Morgan fingerprint density at radius 3 is 2.61 bits per heavy atom. The highest BCUT2D eigenvalue weighted by Gasteiger charge is 2.17. The molecule has 0 aliphatic heterocycles. The van der Waals surface area contributed by atoms with Crippen LogP contribution in [0.1, 0.15) is 10.4 Å². The minimum atomic E-state index is -0.971. The van der Waals surface area contributed by atoms with Gasteiger partial charge in [0.05, 0.1) is 10.3 Å². The van der Waals surface area contributed by atoms with Crippen LogP contribution in [-0.4, -0.2) is 16.0 Å². The third kappa shape index (κ3) is 3.18. The lowest BCUT2D eigenvalue weighted by molar-refractivity contribution is -0.387. The van der Waals surface area contributed by atoms with Gasteiger partial charge in [0, 0.05) is 22.9 Å². The average molecular weight is 377 g/mol. The number of benzene rings is 3. The molecule has 0 saturated heterocycles. The lowest BCUT2D eigenvalue weighted by Crippen LogP contribution is -2.12. The fourth-order valence-corrected chi connectivity index (χ4v) is 2.81. The molecule has 0 fully saturated rings. The lowest BCUT2D eigenvalue weighted by atomic mass is 10.1. The van der Waals surface area contributed by atoms with Gasteiger partial charge in [-0.2, -0.15) is 4.39 Å².